The summed E-state index contributed by atoms with van der Waals surface area (Å²) in [5.74, 6) is 0.0971. The van der Waals surface area contributed by atoms with Crippen molar-refractivity contribution >= 4 is 27.3 Å². The zero-order valence-electron chi connectivity index (χ0n) is 11.6. The first-order valence-electron chi connectivity index (χ1n) is 5.92. The van der Waals surface area contributed by atoms with Crippen LogP contribution in [0.4, 0.5) is 11.4 Å². The fourth-order valence-electron chi connectivity index (χ4n) is 1.56. The highest BCUT2D eigenvalue weighted by Crippen LogP contribution is 2.28. The first-order chi connectivity index (χ1) is 9.21. The fourth-order valence-corrected chi connectivity index (χ4v) is 2.13. The van der Waals surface area contributed by atoms with Gasteiger partial charge >= 0.3 is 0 Å². The molecule has 1 rings (SSSR count). The van der Waals surface area contributed by atoms with E-state index in [9.17, 15) is 13.2 Å². The van der Waals surface area contributed by atoms with Gasteiger partial charge in [-0.1, -0.05) is 0 Å². The van der Waals surface area contributed by atoms with Gasteiger partial charge in [-0.05, 0) is 19.1 Å². The van der Waals surface area contributed by atoms with Crippen LogP contribution < -0.4 is 20.5 Å². The molecule has 1 aromatic carbocycles. The van der Waals surface area contributed by atoms with Gasteiger partial charge < -0.3 is 15.8 Å². The van der Waals surface area contributed by atoms with Gasteiger partial charge in [0.15, 0.2) is 0 Å². The minimum absolute atomic E-state index is 0.200. The Morgan fingerprint density at radius 1 is 1.45 bits per heavy atom. The molecule has 8 heteroatoms. The summed E-state index contributed by atoms with van der Waals surface area (Å²) in [6.07, 6.45) is 1.25. The van der Waals surface area contributed by atoms with Gasteiger partial charge in [-0.2, -0.15) is 0 Å². The molecule has 1 atom stereocenters. The molecular formula is C12H19N3O4S. The molecule has 20 heavy (non-hydrogen) atoms. The zero-order chi connectivity index (χ0) is 15.3. The first-order valence-corrected chi connectivity index (χ1v) is 7.81. The lowest BCUT2D eigenvalue weighted by molar-refractivity contribution is -0.116. The topological polar surface area (TPSA) is 111 Å². The van der Waals surface area contributed by atoms with Crippen molar-refractivity contribution in [2.75, 3.05) is 23.4 Å². The summed E-state index contributed by atoms with van der Waals surface area (Å²) in [4.78, 5) is 11.6. The lowest BCUT2D eigenvalue weighted by Crippen LogP contribution is -2.24. The van der Waals surface area contributed by atoms with E-state index in [4.69, 9.17) is 10.5 Å². The molecule has 0 saturated heterocycles. The Labute approximate surface area is 118 Å². The maximum atomic E-state index is 11.6. The second-order valence-corrected chi connectivity index (χ2v) is 6.27. The second-order valence-electron chi connectivity index (χ2n) is 4.52. The van der Waals surface area contributed by atoms with Crippen molar-refractivity contribution in [3.63, 3.8) is 0 Å². The molecule has 7 nitrogen and oxygen atoms in total. The maximum Gasteiger partial charge on any atom is 0.229 e. The monoisotopic (exact) mass is 301 g/mol. The molecule has 4 N–H and O–H groups in total. The van der Waals surface area contributed by atoms with E-state index < -0.39 is 10.0 Å². The highest BCUT2D eigenvalue weighted by molar-refractivity contribution is 7.92. The van der Waals surface area contributed by atoms with Gasteiger partial charge in [0.25, 0.3) is 0 Å². The van der Waals surface area contributed by atoms with Crippen LogP contribution in [0.5, 0.6) is 5.75 Å². The summed E-state index contributed by atoms with van der Waals surface area (Å²) >= 11 is 0. The number of nitrogens with two attached hydrogens (primary N) is 1. The van der Waals surface area contributed by atoms with E-state index in [2.05, 4.69) is 10.0 Å². The van der Waals surface area contributed by atoms with Gasteiger partial charge in [0.05, 0.1) is 19.1 Å². The largest absolute Gasteiger partial charge is 0.494 e. The molecule has 0 aliphatic rings. The third-order valence-corrected chi connectivity index (χ3v) is 2.88. The predicted molar refractivity (Wildman–Crippen MR) is 78.4 cm³/mol. The Hall–Kier alpha value is -1.80. The van der Waals surface area contributed by atoms with Crippen LogP contribution in [0, 0.1) is 0 Å². The molecule has 0 bridgehead atoms. The van der Waals surface area contributed by atoms with E-state index in [0.29, 0.717) is 17.1 Å². The standard InChI is InChI=1S/C12H19N3O4S/c1-8(13)6-12(16)14-9-4-5-10(11(7-9)19-2)15-20(3,17)18/h4-5,7-8,15H,6,13H2,1-3H3,(H,14,16). The van der Waals surface area contributed by atoms with Gasteiger partial charge in [-0.15, -0.1) is 0 Å². The van der Waals surface area contributed by atoms with Crippen molar-refractivity contribution in [2.45, 2.75) is 19.4 Å². The fraction of sp³-hybridized carbons (Fsp3) is 0.417. The smallest absolute Gasteiger partial charge is 0.229 e. The Morgan fingerprint density at radius 3 is 2.60 bits per heavy atom. The number of benzene rings is 1. The van der Waals surface area contributed by atoms with Gasteiger partial charge in [-0.25, -0.2) is 8.42 Å². The van der Waals surface area contributed by atoms with Crippen LogP contribution in [0.25, 0.3) is 0 Å². The van der Waals surface area contributed by atoms with E-state index in [-0.39, 0.29) is 18.4 Å². The Morgan fingerprint density at radius 2 is 2.10 bits per heavy atom. The molecule has 0 aromatic heterocycles. The number of sulfonamides is 1. The number of anilines is 2. The second kappa shape index (κ2) is 6.58. The summed E-state index contributed by atoms with van der Waals surface area (Å²) in [6, 6.07) is 4.39. The Bertz CT molecular complexity index is 584. The van der Waals surface area contributed by atoms with Crippen molar-refractivity contribution < 1.29 is 17.9 Å². The number of hydrogen-bond donors (Lipinski definition) is 3. The van der Waals surface area contributed by atoms with Gasteiger partial charge in [-0.3, -0.25) is 9.52 Å². The summed E-state index contributed by atoms with van der Waals surface area (Å²) < 4.78 is 29.8. The number of nitrogens with one attached hydrogen (secondary N) is 2. The van der Waals surface area contributed by atoms with Gasteiger partial charge in [0.2, 0.25) is 15.9 Å². The number of amides is 1. The van der Waals surface area contributed by atoms with Crippen LogP contribution in [0.2, 0.25) is 0 Å². The molecular weight excluding hydrogens is 282 g/mol. The molecule has 1 amide bonds. The van der Waals surface area contributed by atoms with Crippen molar-refractivity contribution in [3.05, 3.63) is 18.2 Å². The Balaban J connectivity index is 2.90. The van der Waals surface area contributed by atoms with Crippen LogP contribution in [-0.2, 0) is 14.8 Å². The van der Waals surface area contributed by atoms with Crippen LogP contribution >= 0.6 is 0 Å². The number of carbonyl (C=O) groups is 1. The maximum absolute atomic E-state index is 11.6. The summed E-state index contributed by atoms with van der Waals surface area (Å²) in [7, 11) is -1.98. The molecule has 0 aliphatic heterocycles. The minimum Gasteiger partial charge on any atom is -0.494 e. The quantitative estimate of drug-likeness (QED) is 0.718. The van der Waals surface area contributed by atoms with Gasteiger partial charge in [0, 0.05) is 24.2 Å². The zero-order valence-corrected chi connectivity index (χ0v) is 12.5. The molecule has 0 saturated carbocycles. The van der Waals surface area contributed by atoms with Gasteiger partial charge in [0.1, 0.15) is 5.75 Å². The number of methoxy groups -OCH3 is 1. The first kappa shape index (κ1) is 16.3. The SMILES string of the molecule is COc1cc(NC(=O)CC(C)N)ccc1NS(C)(=O)=O. The highest BCUT2D eigenvalue weighted by Gasteiger charge is 2.11. The van der Waals surface area contributed by atoms with Crippen molar-refractivity contribution in [1.29, 1.82) is 0 Å². The Kier molecular flexibility index (Phi) is 5.34. The molecule has 0 fully saturated rings. The third kappa shape index (κ3) is 5.45. The number of hydrogen-bond acceptors (Lipinski definition) is 5. The minimum atomic E-state index is -3.40. The van der Waals surface area contributed by atoms with Crippen LogP contribution in [0.1, 0.15) is 13.3 Å². The highest BCUT2D eigenvalue weighted by atomic mass is 32.2. The van der Waals surface area contributed by atoms with Crippen molar-refractivity contribution in [1.82, 2.24) is 0 Å². The molecule has 1 unspecified atom stereocenters. The molecule has 0 heterocycles. The van der Waals surface area contributed by atoms with Crippen LogP contribution in [-0.4, -0.2) is 33.7 Å². The molecule has 1 aromatic rings. The lowest BCUT2D eigenvalue weighted by Gasteiger charge is -2.12. The van der Waals surface area contributed by atoms with Crippen molar-refractivity contribution in [3.8, 4) is 5.75 Å². The van der Waals surface area contributed by atoms with Crippen molar-refractivity contribution in [2.24, 2.45) is 5.73 Å². The van der Waals surface area contributed by atoms with E-state index >= 15 is 0 Å². The third-order valence-electron chi connectivity index (χ3n) is 2.29. The lowest BCUT2D eigenvalue weighted by atomic mass is 10.2. The molecule has 112 valence electrons. The molecule has 0 radical (unpaired) electrons. The van der Waals surface area contributed by atoms with Crippen LogP contribution in [0.15, 0.2) is 18.2 Å². The van der Waals surface area contributed by atoms with E-state index in [1.54, 1.807) is 13.0 Å². The number of carbonyl (C=O) groups excluding carboxylic acids is 1. The average Bonchev–Trinajstić information content (AvgIpc) is 2.28. The van der Waals surface area contributed by atoms with E-state index in [0.717, 1.165) is 6.26 Å². The molecule has 0 spiro atoms. The van der Waals surface area contributed by atoms with Crippen LogP contribution in [0.3, 0.4) is 0 Å². The summed E-state index contributed by atoms with van der Waals surface area (Å²) in [5, 5.41) is 2.66. The van der Waals surface area contributed by atoms with E-state index in [1.165, 1.54) is 19.2 Å². The number of ether oxygens (including phenoxy) is 1. The summed E-state index contributed by atoms with van der Waals surface area (Å²) in [6.45, 7) is 1.74. The summed E-state index contributed by atoms with van der Waals surface area (Å²) in [5.41, 5.74) is 6.35. The average molecular weight is 301 g/mol. The number of rotatable bonds is 6. The predicted octanol–water partition coefficient (Wildman–Crippen LogP) is 0.742. The normalized spacial score (nSPS) is 12.6. The van der Waals surface area contributed by atoms with E-state index in [1.807, 2.05) is 0 Å². The molecule has 0 aliphatic carbocycles.